The number of carbonyl (C=O) groups excluding carboxylic acids is 1. The molecule has 0 saturated carbocycles. The molecule has 1 atom stereocenters. The van der Waals surface area contributed by atoms with Crippen molar-refractivity contribution in [3.63, 3.8) is 0 Å². The van der Waals surface area contributed by atoms with Gasteiger partial charge in [0, 0.05) is 6.07 Å². The molecule has 0 saturated heterocycles. The number of anilines is 1. The summed E-state index contributed by atoms with van der Waals surface area (Å²) in [5.74, 6) is 0.600. The van der Waals surface area contributed by atoms with E-state index in [1.54, 1.807) is 18.2 Å². The summed E-state index contributed by atoms with van der Waals surface area (Å²) < 4.78 is 36.3. The molecule has 162 valence electrons. The molecule has 1 aliphatic heterocycles. The molecule has 0 aromatic heterocycles. The number of amides is 1. The second-order valence-corrected chi connectivity index (χ2v) is 10.4. The number of ether oxygens (including phenoxy) is 2. The second kappa shape index (κ2) is 8.18. The Morgan fingerprint density at radius 1 is 1.10 bits per heavy atom. The Balaban J connectivity index is 1.72. The van der Waals surface area contributed by atoms with Gasteiger partial charge in [0.1, 0.15) is 6.54 Å². The molecule has 3 rings (SSSR count). The molecule has 1 amide bonds. The van der Waals surface area contributed by atoms with Gasteiger partial charge in [0.25, 0.3) is 0 Å². The first kappa shape index (κ1) is 22.0. The van der Waals surface area contributed by atoms with Gasteiger partial charge in [0.05, 0.1) is 18.0 Å². The highest BCUT2D eigenvalue weighted by molar-refractivity contribution is 7.92. The summed E-state index contributed by atoms with van der Waals surface area (Å²) in [4.78, 5) is 12.6. The average Bonchev–Trinajstić information content (AvgIpc) is 3.12. The number of nitrogens with zero attached hydrogens (tertiary/aromatic N) is 1. The highest BCUT2D eigenvalue weighted by Gasteiger charge is 2.24. The molecule has 0 bridgehead atoms. The molecule has 7 nitrogen and oxygen atoms in total. The van der Waals surface area contributed by atoms with Gasteiger partial charge in [-0.1, -0.05) is 45.0 Å². The summed E-state index contributed by atoms with van der Waals surface area (Å²) in [5, 5.41) is 2.88. The second-order valence-electron chi connectivity index (χ2n) is 8.47. The smallest absolute Gasteiger partial charge is 0.241 e. The number of carbonyl (C=O) groups is 1. The summed E-state index contributed by atoms with van der Waals surface area (Å²) in [5.41, 5.74) is 2.55. The molecule has 2 aromatic carbocycles. The maximum Gasteiger partial charge on any atom is 0.241 e. The molecule has 1 aliphatic rings. The van der Waals surface area contributed by atoms with E-state index in [2.05, 4.69) is 26.1 Å². The van der Waals surface area contributed by atoms with Crippen molar-refractivity contribution in [2.45, 2.75) is 39.2 Å². The summed E-state index contributed by atoms with van der Waals surface area (Å²) in [6.07, 6.45) is 1.07. The van der Waals surface area contributed by atoms with Gasteiger partial charge in [0.2, 0.25) is 22.7 Å². The van der Waals surface area contributed by atoms with Gasteiger partial charge in [-0.3, -0.25) is 9.10 Å². The zero-order valence-electron chi connectivity index (χ0n) is 17.9. The van der Waals surface area contributed by atoms with Crippen molar-refractivity contribution in [2.75, 3.05) is 23.9 Å². The number of benzene rings is 2. The van der Waals surface area contributed by atoms with Crippen LogP contribution < -0.4 is 19.1 Å². The molecular weight excluding hydrogens is 404 g/mol. The Morgan fingerprint density at radius 3 is 2.33 bits per heavy atom. The molecule has 30 heavy (non-hydrogen) atoms. The number of nitrogens with one attached hydrogen (secondary N) is 1. The van der Waals surface area contributed by atoms with E-state index >= 15 is 0 Å². The first-order valence-corrected chi connectivity index (χ1v) is 11.6. The first-order chi connectivity index (χ1) is 13.9. The van der Waals surface area contributed by atoms with Crippen LogP contribution in [0.15, 0.2) is 42.5 Å². The standard InChI is InChI=1S/C22H28N2O5S/c1-15(16-6-8-17(9-7-16)22(2,3)4)23-21(25)13-24(30(5,26)27)18-10-11-19-20(12-18)29-14-28-19/h6-12,15H,13-14H2,1-5H3,(H,23,25)/t15-/m1/s1. The maximum atomic E-state index is 12.6. The van der Waals surface area contributed by atoms with Gasteiger partial charge in [-0.25, -0.2) is 8.42 Å². The van der Waals surface area contributed by atoms with Gasteiger partial charge >= 0.3 is 0 Å². The van der Waals surface area contributed by atoms with Crippen LogP contribution in [0.2, 0.25) is 0 Å². The highest BCUT2D eigenvalue weighted by Crippen LogP contribution is 2.36. The van der Waals surface area contributed by atoms with Crippen molar-refractivity contribution < 1.29 is 22.7 Å². The van der Waals surface area contributed by atoms with E-state index in [9.17, 15) is 13.2 Å². The van der Waals surface area contributed by atoms with Crippen molar-refractivity contribution in [1.29, 1.82) is 0 Å². The number of rotatable bonds is 6. The Labute approximate surface area is 178 Å². The van der Waals surface area contributed by atoms with E-state index in [0.717, 1.165) is 16.1 Å². The Morgan fingerprint density at radius 2 is 1.73 bits per heavy atom. The first-order valence-electron chi connectivity index (χ1n) is 9.72. The van der Waals surface area contributed by atoms with Crippen LogP contribution in [0.3, 0.4) is 0 Å². The van der Waals surface area contributed by atoms with Gasteiger partial charge in [0.15, 0.2) is 11.5 Å². The van der Waals surface area contributed by atoms with Crippen molar-refractivity contribution in [3.05, 3.63) is 53.6 Å². The van der Waals surface area contributed by atoms with Crippen LogP contribution >= 0.6 is 0 Å². The molecule has 2 aromatic rings. The molecule has 0 radical (unpaired) electrons. The van der Waals surface area contributed by atoms with E-state index in [0.29, 0.717) is 17.2 Å². The lowest BCUT2D eigenvalue weighted by molar-refractivity contribution is -0.120. The van der Waals surface area contributed by atoms with Gasteiger partial charge < -0.3 is 14.8 Å². The maximum absolute atomic E-state index is 12.6. The minimum absolute atomic E-state index is 0.0472. The Hall–Kier alpha value is -2.74. The van der Waals surface area contributed by atoms with E-state index in [4.69, 9.17) is 9.47 Å². The SMILES string of the molecule is C[C@@H](NC(=O)CN(c1ccc2c(c1)OCO2)S(C)(=O)=O)c1ccc(C(C)(C)C)cc1. The van der Waals surface area contributed by atoms with Crippen LogP contribution in [0.1, 0.15) is 44.9 Å². The summed E-state index contributed by atoms with van der Waals surface area (Å²) in [7, 11) is -3.68. The van der Waals surface area contributed by atoms with Crippen molar-refractivity contribution in [1.82, 2.24) is 5.32 Å². The number of hydrogen-bond acceptors (Lipinski definition) is 5. The van der Waals surface area contributed by atoms with Crippen molar-refractivity contribution in [3.8, 4) is 11.5 Å². The fourth-order valence-corrected chi connectivity index (χ4v) is 4.06. The monoisotopic (exact) mass is 432 g/mol. The molecule has 1 heterocycles. The molecule has 8 heteroatoms. The van der Waals surface area contributed by atoms with Crippen LogP contribution in [0.4, 0.5) is 5.69 Å². The number of sulfonamides is 1. The molecular formula is C22H28N2O5S. The topological polar surface area (TPSA) is 84.9 Å². The Kier molecular flexibility index (Phi) is 5.99. The van der Waals surface area contributed by atoms with Crippen LogP contribution in [-0.2, 0) is 20.2 Å². The quantitative estimate of drug-likeness (QED) is 0.757. The number of fused-ring (bicyclic) bond motifs is 1. The predicted octanol–water partition coefficient (Wildman–Crippen LogP) is 3.36. The molecule has 0 unspecified atom stereocenters. The lowest BCUT2D eigenvalue weighted by atomic mass is 9.86. The minimum atomic E-state index is -3.68. The predicted molar refractivity (Wildman–Crippen MR) is 116 cm³/mol. The summed E-state index contributed by atoms with van der Waals surface area (Å²) in [6.45, 7) is 8.05. The molecule has 0 fully saturated rings. The minimum Gasteiger partial charge on any atom is -0.454 e. The third kappa shape index (κ3) is 5.05. The lowest BCUT2D eigenvalue weighted by Crippen LogP contribution is -2.41. The largest absolute Gasteiger partial charge is 0.454 e. The summed E-state index contributed by atoms with van der Waals surface area (Å²) >= 11 is 0. The third-order valence-electron chi connectivity index (χ3n) is 4.99. The van der Waals surface area contributed by atoms with Crippen LogP contribution in [-0.4, -0.2) is 33.9 Å². The fourth-order valence-electron chi connectivity index (χ4n) is 3.21. The van der Waals surface area contributed by atoms with Gasteiger partial charge in [-0.2, -0.15) is 0 Å². The van der Waals surface area contributed by atoms with Gasteiger partial charge in [-0.15, -0.1) is 0 Å². The normalized spacial score (nSPS) is 14.3. The van der Waals surface area contributed by atoms with Crippen LogP contribution in [0, 0.1) is 0 Å². The van der Waals surface area contributed by atoms with Crippen LogP contribution in [0.25, 0.3) is 0 Å². The number of hydrogen-bond donors (Lipinski definition) is 1. The molecule has 0 aliphatic carbocycles. The highest BCUT2D eigenvalue weighted by atomic mass is 32.2. The summed E-state index contributed by atoms with van der Waals surface area (Å²) in [6, 6.07) is 12.6. The van der Waals surface area contributed by atoms with E-state index in [-0.39, 0.29) is 24.8 Å². The van der Waals surface area contributed by atoms with Crippen LogP contribution in [0.5, 0.6) is 11.5 Å². The lowest BCUT2D eigenvalue weighted by Gasteiger charge is -2.24. The van der Waals surface area contributed by atoms with Gasteiger partial charge in [-0.05, 0) is 35.6 Å². The molecule has 1 N–H and O–H groups in total. The van der Waals surface area contributed by atoms with Crippen molar-refractivity contribution >= 4 is 21.6 Å². The van der Waals surface area contributed by atoms with E-state index in [1.165, 1.54) is 5.56 Å². The fraction of sp³-hybridized carbons (Fsp3) is 0.409. The third-order valence-corrected chi connectivity index (χ3v) is 6.13. The van der Waals surface area contributed by atoms with E-state index < -0.39 is 15.9 Å². The average molecular weight is 433 g/mol. The zero-order chi connectivity index (χ0) is 22.1. The zero-order valence-corrected chi connectivity index (χ0v) is 18.7. The molecule has 0 spiro atoms. The van der Waals surface area contributed by atoms with E-state index in [1.807, 2.05) is 31.2 Å². The Bertz CT molecular complexity index is 1030. The van der Waals surface area contributed by atoms with Crippen molar-refractivity contribution in [2.24, 2.45) is 0 Å².